The molecule has 0 aliphatic heterocycles. The summed E-state index contributed by atoms with van der Waals surface area (Å²) in [5.41, 5.74) is 1.61. The van der Waals surface area contributed by atoms with Crippen molar-refractivity contribution in [2.24, 2.45) is 0 Å². The van der Waals surface area contributed by atoms with Crippen LogP contribution in [-0.2, 0) is 5.60 Å². The van der Waals surface area contributed by atoms with Gasteiger partial charge in [-0.3, -0.25) is 9.78 Å². The third-order valence-electron chi connectivity index (χ3n) is 6.32. The van der Waals surface area contributed by atoms with Crippen LogP contribution in [0.5, 0.6) is 0 Å². The third kappa shape index (κ3) is 4.12. The molecule has 1 amide bonds. The molecule has 1 aromatic carbocycles. The summed E-state index contributed by atoms with van der Waals surface area (Å²) in [7, 11) is 0. The number of fused-ring (bicyclic) bond motifs is 1. The molecule has 0 radical (unpaired) electrons. The van der Waals surface area contributed by atoms with Crippen LogP contribution < -0.4 is 5.32 Å². The fraction of sp³-hybridized carbons (Fsp3) is 0.458. The van der Waals surface area contributed by atoms with Crippen LogP contribution in [-0.4, -0.2) is 21.0 Å². The maximum atomic E-state index is 12.8. The van der Waals surface area contributed by atoms with Gasteiger partial charge in [0.1, 0.15) is 5.69 Å². The van der Waals surface area contributed by atoms with Crippen molar-refractivity contribution in [1.82, 2.24) is 9.97 Å². The zero-order chi connectivity index (χ0) is 21.1. The first kappa shape index (κ1) is 20.9. The minimum atomic E-state index is -1.02. The predicted octanol–water partition coefficient (Wildman–Crippen LogP) is 6.00. The van der Waals surface area contributed by atoms with Gasteiger partial charge in [0.25, 0.3) is 5.91 Å². The summed E-state index contributed by atoms with van der Waals surface area (Å²) in [5.74, 6) is 0.255. The van der Waals surface area contributed by atoms with Crippen LogP contribution in [0, 0.1) is 0 Å². The Hall–Kier alpha value is -2.31. The summed E-state index contributed by atoms with van der Waals surface area (Å²) >= 11 is 1.72. The SMILES string of the molecule is CCC(O)(CC)c1cc2nc(C3CCCCC3)sc2cc1NC(=O)c1ccccn1. The number of carbonyl (C=O) groups is 1. The second kappa shape index (κ2) is 8.82. The predicted molar refractivity (Wildman–Crippen MR) is 122 cm³/mol. The molecule has 0 bridgehead atoms. The number of aliphatic hydroxyl groups is 1. The van der Waals surface area contributed by atoms with Crippen molar-refractivity contribution in [2.75, 3.05) is 5.32 Å². The van der Waals surface area contributed by atoms with Crippen LogP contribution in [0.3, 0.4) is 0 Å². The number of aromatic nitrogens is 2. The van der Waals surface area contributed by atoms with E-state index < -0.39 is 5.60 Å². The summed E-state index contributed by atoms with van der Waals surface area (Å²) < 4.78 is 1.05. The molecule has 1 aliphatic carbocycles. The lowest BCUT2D eigenvalue weighted by Gasteiger charge is -2.28. The largest absolute Gasteiger partial charge is 0.385 e. The highest BCUT2D eigenvalue weighted by Crippen LogP contribution is 2.41. The molecule has 0 saturated heterocycles. The summed E-state index contributed by atoms with van der Waals surface area (Å²) in [4.78, 5) is 21.9. The Labute approximate surface area is 181 Å². The van der Waals surface area contributed by atoms with Crippen molar-refractivity contribution in [3.63, 3.8) is 0 Å². The van der Waals surface area contributed by atoms with Gasteiger partial charge in [-0.25, -0.2) is 4.98 Å². The van der Waals surface area contributed by atoms with Gasteiger partial charge in [0, 0.05) is 23.4 Å². The summed E-state index contributed by atoms with van der Waals surface area (Å²) in [6.45, 7) is 3.93. The molecule has 0 spiro atoms. The smallest absolute Gasteiger partial charge is 0.274 e. The highest BCUT2D eigenvalue weighted by Gasteiger charge is 2.30. The van der Waals surface area contributed by atoms with E-state index in [1.54, 1.807) is 35.7 Å². The molecule has 6 heteroatoms. The van der Waals surface area contributed by atoms with Crippen LogP contribution in [0.2, 0.25) is 0 Å². The minimum absolute atomic E-state index is 0.275. The van der Waals surface area contributed by atoms with E-state index in [1.165, 1.54) is 37.1 Å². The first-order valence-electron chi connectivity index (χ1n) is 10.9. The van der Waals surface area contributed by atoms with Crippen LogP contribution in [0.1, 0.15) is 85.8 Å². The number of amides is 1. The number of carbonyl (C=O) groups excluding carboxylic acids is 1. The van der Waals surface area contributed by atoms with Gasteiger partial charge >= 0.3 is 0 Å². The number of pyridine rings is 1. The lowest BCUT2D eigenvalue weighted by atomic mass is 9.87. The molecular formula is C24H29N3O2S. The highest BCUT2D eigenvalue weighted by atomic mass is 32.1. The standard InChI is InChI=1S/C24H29N3O2S/c1-3-24(29,4-2)17-14-20-21(30-23(27-20)16-10-6-5-7-11-16)15-19(17)26-22(28)18-12-8-9-13-25-18/h8-9,12-16,29H,3-7,10-11H2,1-2H3,(H,26,28). The molecule has 4 rings (SSSR count). The molecule has 158 valence electrons. The number of hydrogen-bond donors (Lipinski definition) is 2. The second-order valence-corrected chi connectivity index (χ2v) is 9.22. The van der Waals surface area contributed by atoms with E-state index >= 15 is 0 Å². The molecule has 0 unspecified atom stereocenters. The first-order valence-corrected chi connectivity index (χ1v) is 11.8. The number of anilines is 1. The van der Waals surface area contributed by atoms with Gasteiger partial charge in [-0.2, -0.15) is 0 Å². The highest BCUT2D eigenvalue weighted by molar-refractivity contribution is 7.18. The third-order valence-corrected chi connectivity index (χ3v) is 7.50. The molecule has 3 aromatic rings. The van der Waals surface area contributed by atoms with E-state index in [9.17, 15) is 9.90 Å². The quantitative estimate of drug-likeness (QED) is 0.510. The maximum absolute atomic E-state index is 12.8. The Balaban J connectivity index is 1.76. The van der Waals surface area contributed by atoms with Crippen molar-refractivity contribution >= 4 is 33.1 Å². The van der Waals surface area contributed by atoms with Crippen molar-refractivity contribution in [1.29, 1.82) is 0 Å². The Bertz CT molecular complexity index is 1020. The number of hydrogen-bond acceptors (Lipinski definition) is 5. The minimum Gasteiger partial charge on any atom is -0.385 e. The van der Waals surface area contributed by atoms with Crippen molar-refractivity contribution < 1.29 is 9.90 Å². The van der Waals surface area contributed by atoms with E-state index in [2.05, 4.69) is 10.3 Å². The van der Waals surface area contributed by atoms with Crippen LogP contribution >= 0.6 is 11.3 Å². The molecule has 2 heterocycles. The van der Waals surface area contributed by atoms with E-state index in [0.717, 1.165) is 15.8 Å². The number of benzene rings is 1. The molecule has 1 aliphatic rings. The summed E-state index contributed by atoms with van der Waals surface area (Å²) in [6, 6.07) is 9.21. The topological polar surface area (TPSA) is 75.1 Å². The summed E-state index contributed by atoms with van der Waals surface area (Å²) in [6.07, 6.45) is 8.96. The lowest BCUT2D eigenvalue weighted by Crippen LogP contribution is -2.26. The van der Waals surface area contributed by atoms with E-state index in [1.807, 2.05) is 26.0 Å². The molecule has 0 atom stereocenters. The second-order valence-electron chi connectivity index (χ2n) is 8.16. The average molecular weight is 424 g/mol. The van der Waals surface area contributed by atoms with Gasteiger partial charge in [-0.15, -0.1) is 11.3 Å². The number of nitrogens with one attached hydrogen (secondary N) is 1. The van der Waals surface area contributed by atoms with Crippen LogP contribution in [0.15, 0.2) is 36.5 Å². The number of nitrogens with zero attached hydrogens (tertiary/aromatic N) is 2. The van der Waals surface area contributed by atoms with Crippen molar-refractivity contribution in [2.45, 2.75) is 70.3 Å². The van der Waals surface area contributed by atoms with E-state index in [0.29, 0.717) is 30.1 Å². The molecule has 2 aromatic heterocycles. The van der Waals surface area contributed by atoms with E-state index in [4.69, 9.17) is 4.98 Å². The first-order chi connectivity index (χ1) is 14.5. The van der Waals surface area contributed by atoms with E-state index in [-0.39, 0.29) is 5.91 Å². The molecular weight excluding hydrogens is 394 g/mol. The number of rotatable bonds is 6. The fourth-order valence-electron chi connectivity index (χ4n) is 4.32. The van der Waals surface area contributed by atoms with Crippen LogP contribution in [0.4, 0.5) is 5.69 Å². The Morgan fingerprint density at radius 3 is 2.63 bits per heavy atom. The average Bonchev–Trinajstić information content (AvgIpc) is 3.22. The van der Waals surface area contributed by atoms with Crippen LogP contribution in [0.25, 0.3) is 10.2 Å². The van der Waals surface area contributed by atoms with Crippen molar-refractivity contribution in [3.05, 3.63) is 52.8 Å². The lowest BCUT2D eigenvalue weighted by molar-refractivity contribution is 0.0292. The fourth-order valence-corrected chi connectivity index (χ4v) is 5.48. The maximum Gasteiger partial charge on any atom is 0.274 e. The molecule has 2 N–H and O–H groups in total. The molecule has 30 heavy (non-hydrogen) atoms. The Morgan fingerprint density at radius 1 is 1.20 bits per heavy atom. The van der Waals surface area contributed by atoms with Gasteiger partial charge in [0.2, 0.25) is 0 Å². The zero-order valence-corrected chi connectivity index (χ0v) is 18.5. The normalized spacial score (nSPS) is 15.4. The van der Waals surface area contributed by atoms with Gasteiger partial charge in [-0.05, 0) is 49.9 Å². The number of thiazole rings is 1. The van der Waals surface area contributed by atoms with Gasteiger partial charge in [-0.1, -0.05) is 39.2 Å². The Morgan fingerprint density at radius 2 is 1.97 bits per heavy atom. The summed E-state index contributed by atoms with van der Waals surface area (Å²) in [5, 5.41) is 15.5. The zero-order valence-electron chi connectivity index (χ0n) is 17.6. The molecule has 5 nitrogen and oxygen atoms in total. The monoisotopic (exact) mass is 423 g/mol. The van der Waals surface area contributed by atoms with Gasteiger partial charge < -0.3 is 10.4 Å². The van der Waals surface area contributed by atoms with Gasteiger partial charge in [0.15, 0.2) is 0 Å². The molecule has 1 saturated carbocycles. The Kier molecular flexibility index (Phi) is 6.16. The van der Waals surface area contributed by atoms with Gasteiger partial charge in [0.05, 0.1) is 20.8 Å². The van der Waals surface area contributed by atoms with Crippen molar-refractivity contribution in [3.8, 4) is 0 Å². The molecule has 1 fully saturated rings.